The van der Waals surface area contributed by atoms with E-state index in [0.29, 0.717) is 5.82 Å². The number of alkyl halides is 2. The van der Waals surface area contributed by atoms with Crippen LogP contribution in [0.3, 0.4) is 0 Å². The zero-order valence-corrected chi connectivity index (χ0v) is 11.3. The summed E-state index contributed by atoms with van der Waals surface area (Å²) in [6.07, 6.45) is 2.43. The van der Waals surface area contributed by atoms with Crippen LogP contribution in [0.1, 0.15) is 13.3 Å². The Morgan fingerprint density at radius 2 is 2.20 bits per heavy atom. The van der Waals surface area contributed by atoms with Crippen LogP contribution >= 0.6 is 31.9 Å². The summed E-state index contributed by atoms with van der Waals surface area (Å²) >= 11 is 6.92. The molecule has 0 bridgehead atoms. The standard InChI is InChI=1S/C10H10Br2N2O/c1-9(6-10(9,11)12)8(15)14-7-4-2-3-5-13-7/h2-5H,6H2,1H3,(H,13,14,15). The van der Waals surface area contributed by atoms with Gasteiger partial charge in [-0.1, -0.05) is 37.9 Å². The van der Waals surface area contributed by atoms with Crippen molar-refractivity contribution in [3.63, 3.8) is 0 Å². The molecule has 2 rings (SSSR count). The van der Waals surface area contributed by atoms with Crippen LogP contribution in [0.25, 0.3) is 0 Å². The van der Waals surface area contributed by atoms with E-state index in [0.717, 1.165) is 6.42 Å². The topological polar surface area (TPSA) is 42.0 Å². The molecule has 1 aromatic rings. The first kappa shape index (κ1) is 11.1. The maximum absolute atomic E-state index is 11.9. The zero-order valence-electron chi connectivity index (χ0n) is 8.13. The van der Waals surface area contributed by atoms with Crippen molar-refractivity contribution >= 4 is 43.6 Å². The first-order valence-electron chi connectivity index (χ1n) is 4.56. The second-order valence-electron chi connectivity index (χ2n) is 3.88. The summed E-state index contributed by atoms with van der Waals surface area (Å²) in [5, 5.41) is 2.79. The minimum absolute atomic E-state index is 0.0186. The summed E-state index contributed by atoms with van der Waals surface area (Å²) in [5.74, 6) is 0.571. The molecule has 1 aliphatic carbocycles. The van der Waals surface area contributed by atoms with E-state index in [9.17, 15) is 4.79 Å². The van der Waals surface area contributed by atoms with E-state index >= 15 is 0 Å². The molecule has 1 aromatic heterocycles. The Bertz CT molecular complexity index is 394. The molecule has 0 radical (unpaired) electrons. The number of nitrogens with zero attached hydrogens (tertiary/aromatic N) is 1. The van der Waals surface area contributed by atoms with Crippen LogP contribution in [-0.2, 0) is 4.79 Å². The third kappa shape index (κ3) is 1.95. The van der Waals surface area contributed by atoms with Crippen molar-refractivity contribution in [1.29, 1.82) is 0 Å². The summed E-state index contributed by atoms with van der Waals surface area (Å²) in [6.45, 7) is 1.91. The largest absolute Gasteiger partial charge is 0.310 e. The average molecular weight is 334 g/mol. The van der Waals surface area contributed by atoms with Gasteiger partial charge in [-0.15, -0.1) is 0 Å². The quantitative estimate of drug-likeness (QED) is 0.845. The monoisotopic (exact) mass is 332 g/mol. The van der Waals surface area contributed by atoms with Gasteiger partial charge in [-0.05, 0) is 25.5 Å². The van der Waals surface area contributed by atoms with Crippen molar-refractivity contribution in [3.05, 3.63) is 24.4 Å². The number of aromatic nitrogens is 1. The highest BCUT2D eigenvalue weighted by atomic mass is 79.9. The third-order valence-electron chi connectivity index (χ3n) is 2.67. The van der Waals surface area contributed by atoms with Crippen molar-refractivity contribution in [2.75, 3.05) is 5.32 Å². The fraction of sp³-hybridized carbons (Fsp3) is 0.400. The summed E-state index contributed by atoms with van der Waals surface area (Å²) in [7, 11) is 0. The normalized spacial score (nSPS) is 27.1. The summed E-state index contributed by atoms with van der Waals surface area (Å²) < 4.78 is -0.258. The third-order valence-corrected chi connectivity index (χ3v) is 4.98. The molecule has 1 amide bonds. The van der Waals surface area contributed by atoms with E-state index in [1.807, 2.05) is 19.1 Å². The average Bonchev–Trinajstić information content (AvgIpc) is 2.69. The Balaban J connectivity index is 2.07. The van der Waals surface area contributed by atoms with Crippen LogP contribution in [0.4, 0.5) is 5.82 Å². The molecule has 3 nitrogen and oxygen atoms in total. The summed E-state index contributed by atoms with van der Waals surface area (Å²) in [5.41, 5.74) is -0.398. The Morgan fingerprint density at radius 1 is 1.53 bits per heavy atom. The Labute approximate surface area is 105 Å². The van der Waals surface area contributed by atoms with E-state index in [2.05, 4.69) is 42.2 Å². The molecule has 0 aliphatic heterocycles. The van der Waals surface area contributed by atoms with Gasteiger partial charge in [0.25, 0.3) is 0 Å². The smallest absolute Gasteiger partial charge is 0.233 e. The molecule has 5 heteroatoms. The van der Waals surface area contributed by atoms with Gasteiger partial charge in [-0.3, -0.25) is 4.79 Å². The van der Waals surface area contributed by atoms with Crippen LogP contribution < -0.4 is 5.32 Å². The Kier molecular flexibility index (Phi) is 2.63. The van der Waals surface area contributed by atoms with E-state index in [4.69, 9.17) is 0 Å². The minimum atomic E-state index is -0.398. The first-order valence-corrected chi connectivity index (χ1v) is 6.15. The number of hydrogen-bond donors (Lipinski definition) is 1. The molecule has 1 aliphatic rings. The number of amides is 1. The zero-order chi connectivity index (χ0) is 11.1. The van der Waals surface area contributed by atoms with Crippen LogP contribution in [0.5, 0.6) is 0 Å². The molecule has 0 aromatic carbocycles. The highest BCUT2D eigenvalue weighted by molar-refractivity contribution is 9.25. The van der Waals surface area contributed by atoms with Gasteiger partial charge in [-0.2, -0.15) is 0 Å². The van der Waals surface area contributed by atoms with E-state index in [1.54, 1.807) is 12.3 Å². The second kappa shape index (κ2) is 3.56. The minimum Gasteiger partial charge on any atom is -0.310 e. The second-order valence-corrected chi connectivity index (χ2v) is 7.65. The summed E-state index contributed by atoms with van der Waals surface area (Å²) in [6, 6.07) is 5.43. The van der Waals surface area contributed by atoms with Gasteiger partial charge in [0.2, 0.25) is 5.91 Å². The van der Waals surface area contributed by atoms with Crippen molar-refractivity contribution in [3.8, 4) is 0 Å². The van der Waals surface area contributed by atoms with Gasteiger partial charge in [0.1, 0.15) is 5.82 Å². The van der Waals surface area contributed by atoms with Crippen molar-refractivity contribution in [2.45, 2.75) is 16.6 Å². The Morgan fingerprint density at radius 3 is 2.67 bits per heavy atom. The molecule has 1 heterocycles. The molecule has 0 saturated heterocycles. The summed E-state index contributed by atoms with van der Waals surface area (Å²) in [4.78, 5) is 15.9. The molecule has 1 saturated carbocycles. The first-order chi connectivity index (χ1) is 6.96. The highest BCUT2D eigenvalue weighted by Crippen LogP contribution is 2.66. The van der Waals surface area contributed by atoms with Crippen LogP contribution in [0.2, 0.25) is 0 Å². The van der Waals surface area contributed by atoms with Crippen LogP contribution in [0, 0.1) is 5.41 Å². The number of carbonyl (C=O) groups is 1. The molecule has 1 fully saturated rings. The molecule has 0 spiro atoms. The SMILES string of the molecule is CC1(C(=O)Nc2ccccn2)CC1(Br)Br. The molecule has 1 unspecified atom stereocenters. The Hall–Kier alpha value is -0.420. The molecule has 1 N–H and O–H groups in total. The maximum Gasteiger partial charge on any atom is 0.233 e. The number of halogens is 2. The number of nitrogens with one attached hydrogen (secondary N) is 1. The van der Waals surface area contributed by atoms with Crippen LogP contribution in [-0.4, -0.2) is 14.1 Å². The van der Waals surface area contributed by atoms with E-state index < -0.39 is 5.41 Å². The lowest BCUT2D eigenvalue weighted by Crippen LogP contribution is -2.25. The lowest BCUT2D eigenvalue weighted by atomic mass is 10.1. The number of pyridine rings is 1. The lowest BCUT2D eigenvalue weighted by molar-refractivity contribution is -0.120. The van der Waals surface area contributed by atoms with Crippen molar-refractivity contribution < 1.29 is 4.79 Å². The van der Waals surface area contributed by atoms with Gasteiger partial charge in [-0.25, -0.2) is 4.98 Å². The van der Waals surface area contributed by atoms with Crippen molar-refractivity contribution in [1.82, 2.24) is 4.98 Å². The predicted molar refractivity (Wildman–Crippen MR) is 66.2 cm³/mol. The molecular formula is C10H10Br2N2O. The fourth-order valence-corrected chi connectivity index (χ4v) is 2.82. The van der Waals surface area contributed by atoms with Crippen molar-refractivity contribution in [2.24, 2.45) is 5.41 Å². The van der Waals surface area contributed by atoms with Gasteiger partial charge in [0.15, 0.2) is 0 Å². The molecule has 1 atom stereocenters. The number of rotatable bonds is 2. The van der Waals surface area contributed by atoms with Gasteiger partial charge in [0.05, 0.1) is 8.65 Å². The highest BCUT2D eigenvalue weighted by Gasteiger charge is 2.66. The molecule has 15 heavy (non-hydrogen) atoms. The van der Waals surface area contributed by atoms with Gasteiger partial charge >= 0.3 is 0 Å². The number of anilines is 1. The number of carbonyl (C=O) groups excluding carboxylic acids is 1. The van der Waals surface area contributed by atoms with Gasteiger partial charge < -0.3 is 5.32 Å². The number of hydrogen-bond acceptors (Lipinski definition) is 2. The lowest BCUT2D eigenvalue weighted by Gasteiger charge is -2.12. The molecular weight excluding hydrogens is 324 g/mol. The van der Waals surface area contributed by atoms with E-state index in [-0.39, 0.29) is 9.14 Å². The van der Waals surface area contributed by atoms with E-state index in [1.165, 1.54) is 0 Å². The van der Waals surface area contributed by atoms with Gasteiger partial charge in [0, 0.05) is 6.20 Å². The maximum atomic E-state index is 11.9. The molecule has 80 valence electrons. The fourth-order valence-electron chi connectivity index (χ4n) is 1.34. The predicted octanol–water partition coefficient (Wildman–Crippen LogP) is 2.92. The van der Waals surface area contributed by atoms with Crippen LogP contribution in [0.15, 0.2) is 24.4 Å².